The Morgan fingerprint density at radius 1 is 0.241 bits per heavy atom. The van der Waals surface area contributed by atoms with Gasteiger partial charge in [0.05, 0.1) is 6.61 Å². The lowest BCUT2D eigenvalue weighted by Crippen LogP contribution is -2.05. The first-order valence-electron chi connectivity index (χ1n) is 26.0. The van der Waals surface area contributed by atoms with Crippen LogP contribution in [0.5, 0.6) is 0 Å². The maximum Gasteiger partial charge on any atom is 0.305 e. The van der Waals surface area contributed by atoms with Crippen LogP contribution in [0.2, 0.25) is 0 Å². The van der Waals surface area contributed by atoms with Crippen LogP contribution in [0.1, 0.15) is 322 Å². The van der Waals surface area contributed by atoms with E-state index in [9.17, 15) is 4.79 Å². The quantitative estimate of drug-likeness (QED) is 0.0456. The molecule has 0 aliphatic carbocycles. The second-order valence-electron chi connectivity index (χ2n) is 17.9. The van der Waals surface area contributed by atoms with E-state index < -0.39 is 0 Å². The average molecular weight is 761 g/mol. The molecule has 0 radical (unpaired) electrons. The summed E-state index contributed by atoms with van der Waals surface area (Å²) in [6.07, 6.45) is 66.9. The Morgan fingerprint density at radius 3 is 0.611 bits per heavy atom. The summed E-state index contributed by atoms with van der Waals surface area (Å²) in [5.41, 5.74) is 0. The van der Waals surface area contributed by atoms with Crippen LogP contribution in [0.15, 0.2) is 0 Å². The number of hydrogen-bond donors (Lipinski definition) is 0. The number of carbonyl (C=O) groups excluding carboxylic acids is 1. The number of esters is 1. The first-order valence-corrected chi connectivity index (χ1v) is 26.0. The van der Waals surface area contributed by atoms with Crippen molar-refractivity contribution in [2.45, 2.75) is 322 Å². The summed E-state index contributed by atoms with van der Waals surface area (Å²) in [4.78, 5) is 12.0. The van der Waals surface area contributed by atoms with E-state index in [0.717, 1.165) is 12.8 Å². The Morgan fingerprint density at radius 2 is 0.407 bits per heavy atom. The van der Waals surface area contributed by atoms with Gasteiger partial charge in [0, 0.05) is 6.42 Å². The normalized spacial score (nSPS) is 11.5. The van der Waals surface area contributed by atoms with Crippen LogP contribution in [0.3, 0.4) is 0 Å². The Hall–Kier alpha value is -0.530. The van der Waals surface area contributed by atoms with Gasteiger partial charge in [0.1, 0.15) is 0 Å². The van der Waals surface area contributed by atoms with Crippen LogP contribution < -0.4 is 0 Å². The van der Waals surface area contributed by atoms with E-state index in [1.807, 2.05) is 0 Å². The molecule has 0 aromatic rings. The minimum Gasteiger partial charge on any atom is -0.466 e. The predicted octanol–water partition coefficient (Wildman–Crippen LogP) is 19.3. The molecule has 0 heterocycles. The molecule has 0 N–H and O–H groups in total. The molecule has 0 rings (SSSR count). The van der Waals surface area contributed by atoms with Crippen LogP contribution in [0.4, 0.5) is 0 Å². The minimum absolute atomic E-state index is 0.0337. The second kappa shape index (κ2) is 50.5. The van der Waals surface area contributed by atoms with Gasteiger partial charge in [0.2, 0.25) is 0 Å². The standard InChI is InChI=1S/C52H104O2/c1-3-5-7-9-11-13-15-17-19-21-22-23-24-25-26-27-28-29-30-31-32-33-34-35-36-38-40-42-44-46-48-50-52(53)54-51-49-47-45-43-41-39-37-20-18-16-14-12-10-8-6-4-2/h3-51H2,1-2H3. The van der Waals surface area contributed by atoms with Gasteiger partial charge < -0.3 is 4.74 Å². The molecule has 0 aliphatic heterocycles. The molecule has 0 saturated carbocycles. The topological polar surface area (TPSA) is 26.3 Å². The molecule has 0 amide bonds. The maximum absolute atomic E-state index is 12.0. The summed E-state index contributed by atoms with van der Waals surface area (Å²) in [5.74, 6) is 0.0337. The van der Waals surface area contributed by atoms with E-state index >= 15 is 0 Å². The lowest BCUT2D eigenvalue weighted by molar-refractivity contribution is -0.143. The Labute approximate surface area is 343 Å². The van der Waals surface area contributed by atoms with Gasteiger partial charge in [-0.25, -0.2) is 0 Å². The monoisotopic (exact) mass is 761 g/mol. The van der Waals surface area contributed by atoms with Crippen molar-refractivity contribution in [3.05, 3.63) is 0 Å². The molecule has 2 heteroatoms. The fourth-order valence-corrected chi connectivity index (χ4v) is 8.38. The molecule has 0 unspecified atom stereocenters. The van der Waals surface area contributed by atoms with Crippen molar-refractivity contribution in [2.24, 2.45) is 0 Å². The van der Waals surface area contributed by atoms with E-state index in [0.29, 0.717) is 13.0 Å². The minimum atomic E-state index is 0.0337. The number of hydrogen-bond acceptors (Lipinski definition) is 2. The molecule has 324 valence electrons. The molecule has 0 saturated heterocycles. The molecule has 0 aromatic carbocycles. The van der Waals surface area contributed by atoms with Gasteiger partial charge in [0.25, 0.3) is 0 Å². The van der Waals surface area contributed by atoms with Gasteiger partial charge in [-0.3, -0.25) is 4.79 Å². The number of rotatable bonds is 49. The zero-order valence-corrected chi connectivity index (χ0v) is 38.0. The molecule has 0 bridgehead atoms. The first kappa shape index (κ1) is 53.5. The Bertz CT molecular complexity index is 659. The Kier molecular flexibility index (Phi) is 50.0. The fourth-order valence-electron chi connectivity index (χ4n) is 8.38. The molecule has 0 fully saturated rings. The summed E-state index contributed by atoms with van der Waals surface area (Å²) in [6, 6.07) is 0. The van der Waals surface area contributed by atoms with Crippen LogP contribution >= 0.6 is 0 Å². The van der Waals surface area contributed by atoms with Crippen molar-refractivity contribution in [1.82, 2.24) is 0 Å². The molecule has 2 nitrogen and oxygen atoms in total. The third-order valence-corrected chi connectivity index (χ3v) is 12.2. The lowest BCUT2D eigenvalue weighted by atomic mass is 10.0. The zero-order valence-electron chi connectivity index (χ0n) is 38.0. The van der Waals surface area contributed by atoms with Gasteiger partial charge in [-0.1, -0.05) is 303 Å². The highest BCUT2D eigenvalue weighted by molar-refractivity contribution is 5.69. The molecule has 0 atom stereocenters. The second-order valence-corrected chi connectivity index (χ2v) is 17.9. The molecule has 0 spiro atoms. The summed E-state index contributed by atoms with van der Waals surface area (Å²) in [7, 11) is 0. The number of carbonyl (C=O) groups is 1. The highest BCUT2D eigenvalue weighted by Gasteiger charge is 2.03. The fraction of sp³-hybridized carbons (Fsp3) is 0.981. The third kappa shape index (κ3) is 49.5. The highest BCUT2D eigenvalue weighted by atomic mass is 16.5. The third-order valence-electron chi connectivity index (χ3n) is 12.2. The van der Waals surface area contributed by atoms with Gasteiger partial charge in [-0.2, -0.15) is 0 Å². The van der Waals surface area contributed by atoms with Gasteiger partial charge in [-0.05, 0) is 12.8 Å². The summed E-state index contributed by atoms with van der Waals surface area (Å²) in [6.45, 7) is 5.24. The van der Waals surface area contributed by atoms with Crippen LogP contribution in [-0.4, -0.2) is 12.6 Å². The van der Waals surface area contributed by atoms with Crippen molar-refractivity contribution in [2.75, 3.05) is 6.61 Å². The number of unbranched alkanes of at least 4 members (excludes halogenated alkanes) is 45. The summed E-state index contributed by atoms with van der Waals surface area (Å²) >= 11 is 0. The highest BCUT2D eigenvalue weighted by Crippen LogP contribution is 2.18. The maximum atomic E-state index is 12.0. The van der Waals surface area contributed by atoms with E-state index in [4.69, 9.17) is 4.74 Å². The van der Waals surface area contributed by atoms with Crippen LogP contribution in [-0.2, 0) is 9.53 Å². The van der Waals surface area contributed by atoms with Crippen molar-refractivity contribution < 1.29 is 9.53 Å². The predicted molar refractivity (Wildman–Crippen MR) is 244 cm³/mol. The first-order chi connectivity index (χ1) is 26.8. The largest absolute Gasteiger partial charge is 0.466 e. The SMILES string of the molecule is CCCCCCCCCCCCCCCCCCCCCCCCCCCCCCCCCC(=O)OCCCCCCCCCCCCCCCCCC. The molecular formula is C52H104O2. The lowest BCUT2D eigenvalue weighted by Gasteiger charge is -2.06. The van der Waals surface area contributed by atoms with Gasteiger partial charge in [-0.15, -0.1) is 0 Å². The smallest absolute Gasteiger partial charge is 0.305 e. The van der Waals surface area contributed by atoms with E-state index in [2.05, 4.69) is 13.8 Å². The van der Waals surface area contributed by atoms with Crippen molar-refractivity contribution in [3.8, 4) is 0 Å². The van der Waals surface area contributed by atoms with Crippen molar-refractivity contribution >= 4 is 5.97 Å². The Balaban J connectivity index is 3.13. The molecule has 0 aliphatic rings. The molecule has 54 heavy (non-hydrogen) atoms. The zero-order chi connectivity index (χ0) is 38.9. The van der Waals surface area contributed by atoms with Gasteiger partial charge >= 0.3 is 5.97 Å². The molecular weight excluding hydrogens is 657 g/mol. The van der Waals surface area contributed by atoms with E-state index in [1.54, 1.807) is 0 Å². The van der Waals surface area contributed by atoms with Gasteiger partial charge in [0.15, 0.2) is 0 Å². The summed E-state index contributed by atoms with van der Waals surface area (Å²) in [5, 5.41) is 0. The summed E-state index contributed by atoms with van der Waals surface area (Å²) < 4.78 is 5.49. The number of ether oxygens (including phenoxy) is 1. The van der Waals surface area contributed by atoms with Crippen LogP contribution in [0.25, 0.3) is 0 Å². The van der Waals surface area contributed by atoms with Crippen molar-refractivity contribution in [3.63, 3.8) is 0 Å². The van der Waals surface area contributed by atoms with Crippen molar-refractivity contribution in [1.29, 1.82) is 0 Å². The van der Waals surface area contributed by atoms with Crippen LogP contribution in [0, 0.1) is 0 Å². The average Bonchev–Trinajstić information content (AvgIpc) is 3.18. The molecule has 0 aromatic heterocycles. The van der Waals surface area contributed by atoms with E-state index in [1.165, 1.54) is 289 Å². The van der Waals surface area contributed by atoms with E-state index in [-0.39, 0.29) is 5.97 Å².